The maximum Gasteiger partial charge on any atom is 0.277 e. The van der Waals surface area contributed by atoms with E-state index in [9.17, 15) is 9.59 Å². The van der Waals surface area contributed by atoms with E-state index in [0.29, 0.717) is 23.7 Å². The van der Waals surface area contributed by atoms with E-state index in [4.69, 9.17) is 10.2 Å². The van der Waals surface area contributed by atoms with Crippen LogP contribution in [0.15, 0.2) is 28.9 Å². The number of oxazole rings is 1. The molecular weight excluding hydrogens is 296 g/mol. The number of anilines is 1. The molecule has 0 spiro atoms. The number of aryl methyl sites for hydroxylation is 1. The SMILES string of the molecule is CCCNC(=O)c1ccc(C)c(NC(=O)c2coc(CN)n2)c1. The predicted octanol–water partition coefficient (Wildman–Crippen LogP) is 1.83. The van der Waals surface area contributed by atoms with Crippen LogP contribution in [0.2, 0.25) is 0 Å². The van der Waals surface area contributed by atoms with Crippen molar-refractivity contribution in [3.05, 3.63) is 47.2 Å². The summed E-state index contributed by atoms with van der Waals surface area (Å²) in [5.41, 5.74) is 7.43. The number of carbonyl (C=O) groups is 2. The Balaban J connectivity index is 2.15. The summed E-state index contributed by atoms with van der Waals surface area (Å²) < 4.78 is 5.05. The summed E-state index contributed by atoms with van der Waals surface area (Å²) in [6.07, 6.45) is 2.11. The van der Waals surface area contributed by atoms with Gasteiger partial charge >= 0.3 is 0 Å². The number of hydrogen-bond acceptors (Lipinski definition) is 5. The highest BCUT2D eigenvalue weighted by molar-refractivity contribution is 6.04. The fourth-order valence-corrected chi connectivity index (χ4v) is 1.93. The lowest BCUT2D eigenvalue weighted by atomic mass is 10.1. The van der Waals surface area contributed by atoms with E-state index in [-0.39, 0.29) is 18.1 Å². The molecule has 1 aromatic carbocycles. The summed E-state index contributed by atoms with van der Waals surface area (Å²) in [6, 6.07) is 5.14. The van der Waals surface area contributed by atoms with Gasteiger partial charge in [0.25, 0.3) is 11.8 Å². The van der Waals surface area contributed by atoms with Gasteiger partial charge in [-0.3, -0.25) is 9.59 Å². The number of carbonyl (C=O) groups excluding carboxylic acids is 2. The van der Waals surface area contributed by atoms with Crippen LogP contribution in [0.5, 0.6) is 0 Å². The minimum atomic E-state index is -0.414. The van der Waals surface area contributed by atoms with Gasteiger partial charge in [0.2, 0.25) is 5.89 Å². The standard InChI is InChI=1S/C16H20N4O3/c1-3-6-18-15(21)11-5-4-10(2)12(7-11)20-16(22)13-9-23-14(8-17)19-13/h4-5,7,9H,3,6,8,17H2,1-2H3,(H,18,21)(H,20,22). The lowest BCUT2D eigenvalue weighted by Crippen LogP contribution is -2.24. The number of benzene rings is 1. The molecule has 2 rings (SSSR count). The van der Waals surface area contributed by atoms with Gasteiger partial charge in [0.15, 0.2) is 5.69 Å². The molecule has 2 amide bonds. The number of hydrogen-bond donors (Lipinski definition) is 3. The molecule has 0 bridgehead atoms. The molecule has 1 heterocycles. The summed E-state index contributed by atoms with van der Waals surface area (Å²) in [4.78, 5) is 28.1. The van der Waals surface area contributed by atoms with Crippen molar-refractivity contribution in [1.82, 2.24) is 10.3 Å². The summed E-state index contributed by atoms with van der Waals surface area (Å²) >= 11 is 0. The molecule has 23 heavy (non-hydrogen) atoms. The molecule has 4 N–H and O–H groups in total. The molecule has 1 aromatic heterocycles. The predicted molar refractivity (Wildman–Crippen MR) is 86.2 cm³/mol. The second kappa shape index (κ2) is 7.55. The van der Waals surface area contributed by atoms with Crippen molar-refractivity contribution in [1.29, 1.82) is 0 Å². The van der Waals surface area contributed by atoms with Crippen molar-refractivity contribution in [2.24, 2.45) is 5.73 Å². The van der Waals surface area contributed by atoms with Gasteiger partial charge in [0, 0.05) is 17.8 Å². The minimum Gasteiger partial charge on any atom is -0.447 e. The highest BCUT2D eigenvalue weighted by Crippen LogP contribution is 2.18. The summed E-state index contributed by atoms with van der Waals surface area (Å²) in [6.45, 7) is 4.56. The van der Waals surface area contributed by atoms with Crippen LogP contribution < -0.4 is 16.4 Å². The maximum absolute atomic E-state index is 12.2. The summed E-state index contributed by atoms with van der Waals surface area (Å²) in [5.74, 6) is -0.295. The third kappa shape index (κ3) is 4.17. The van der Waals surface area contributed by atoms with E-state index in [1.807, 2.05) is 13.8 Å². The first-order valence-electron chi connectivity index (χ1n) is 7.39. The summed E-state index contributed by atoms with van der Waals surface area (Å²) in [5, 5.41) is 5.53. The van der Waals surface area contributed by atoms with Crippen LogP contribution in [0, 0.1) is 6.92 Å². The maximum atomic E-state index is 12.2. The Morgan fingerprint density at radius 3 is 2.74 bits per heavy atom. The van der Waals surface area contributed by atoms with Crippen LogP contribution in [-0.4, -0.2) is 23.3 Å². The third-order valence-corrected chi connectivity index (χ3v) is 3.24. The normalized spacial score (nSPS) is 10.4. The second-order valence-electron chi connectivity index (χ2n) is 5.07. The summed E-state index contributed by atoms with van der Waals surface area (Å²) in [7, 11) is 0. The lowest BCUT2D eigenvalue weighted by molar-refractivity contribution is 0.0952. The fourth-order valence-electron chi connectivity index (χ4n) is 1.93. The van der Waals surface area contributed by atoms with E-state index < -0.39 is 5.91 Å². The van der Waals surface area contributed by atoms with Crippen LogP contribution in [0.3, 0.4) is 0 Å². The molecule has 0 aliphatic rings. The van der Waals surface area contributed by atoms with E-state index >= 15 is 0 Å². The highest BCUT2D eigenvalue weighted by atomic mass is 16.3. The molecule has 2 aromatic rings. The average molecular weight is 316 g/mol. The fraction of sp³-hybridized carbons (Fsp3) is 0.312. The topological polar surface area (TPSA) is 110 Å². The minimum absolute atomic E-state index is 0.124. The Morgan fingerprint density at radius 2 is 2.09 bits per heavy atom. The number of rotatable bonds is 6. The number of amides is 2. The molecule has 122 valence electrons. The molecular formula is C16H20N4O3. The first-order valence-corrected chi connectivity index (χ1v) is 7.39. The van der Waals surface area contributed by atoms with Crippen LogP contribution in [0.1, 0.15) is 45.6 Å². The van der Waals surface area contributed by atoms with Gasteiger partial charge in [-0.2, -0.15) is 0 Å². The van der Waals surface area contributed by atoms with E-state index in [2.05, 4.69) is 15.6 Å². The number of nitrogens with one attached hydrogen (secondary N) is 2. The molecule has 0 unspecified atom stereocenters. The molecule has 7 heteroatoms. The van der Waals surface area contributed by atoms with Crippen LogP contribution in [0.25, 0.3) is 0 Å². The molecule has 0 fully saturated rings. The van der Waals surface area contributed by atoms with E-state index in [1.54, 1.807) is 18.2 Å². The van der Waals surface area contributed by atoms with Gasteiger partial charge in [-0.15, -0.1) is 0 Å². The lowest BCUT2D eigenvalue weighted by Gasteiger charge is -2.10. The monoisotopic (exact) mass is 316 g/mol. The Kier molecular flexibility index (Phi) is 5.48. The Bertz CT molecular complexity index is 709. The van der Waals surface area contributed by atoms with Crippen molar-refractivity contribution >= 4 is 17.5 Å². The quantitative estimate of drug-likeness (QED) is 0.753. The zero-order valence-corrected chi connectivity index (χ0v) is 13.2. The van der Waals surface area contributed by atoms with Gasteiger partial charge in [0.1, 0.15) is 6.26 Å². The molecule has 0 radical (unpaired) electrons. The Labute approximate surface area is 134 Å². The molecule has 0 atom stereocenters. The second-order valence-corrected chi connectivity index (χ2v) is 5.07. The molecule has 0 saturated carbocycles. The Morgan fingerprint density at radius 1 is 1.30 bits per heavy atom. The Hall–Kier alpha value is -2.67. The van der Waals surface area contributed by atoms with Crippen molar-refractivity contribution in [2.45, 2.75) is 26.8 Å². The molecule has 0 aliphatic carbocycles. The van der Waals surface area contributed by atoms with Gasteiger partial charge in [-0.25, -0.2) is 4.98 Å². The molecule has 0 saturated heterocycles. The smallest absolute Gasteiger partial charge is 0.277 e. The van der Waals surface area contributed by atoms with Gasteiger partial charge < -0.3 is 20.8 Å². The third-order valence-electron chi connectivity index (χ3n) is 3.24. The largest absolute Gasteiger partial charge is 0.447 e. The number of aromatic nitrogens is 1. The van der Waals surface area contributed by atoms with Gasteiger partial charge in [0.05, 0.1) is 6.54 Å². The van der Waals surface area contributed by atoms with E-state index in [0.717, 1.165) is 12.0 Å². The highest BCUT2D eigenvalue weighted by Gasteiger charge is 2.14. The van der Waals surface area contributed by atoms with Crippen LogP contribution in [0.4, 0.5) is 5.69 Å². The van der Waals surface area contributed by atoms with Crippen molar-refractivity contribution < 1.29 is 14.0 Å². The van der Waals surface area contributed by atoms with Gasteiger partial charge in [-0.1, -0.05) is 13.0 Å². The molecule has 7 nitrogen and oxygen atoms in total. The number of nitrogens with zero attached hydrogens (tertiary/aromatic N) is 1. The number of nitrogens with two attached hydrogens (primary N) is 1. The van der Waals surface area contributed by atoms with Crippen molar-refractivity contribution in [3.63, 3.8) is 0 Å². The van der Waals surface area contributed by atoms with Crippen LogP contribution >= 0.6 is 0 Å². The first-order chi connectivity index (χ1) is 11.0. The zero-order valence-electron chi connectivity index (χ0n) is 13.2. The van der Waals surface area contributed by atoms with Crippen molar-refractivity contribution in [2.75, 3.05) is 11.9 Å². The molecule has 0 aliphatic heterocycles. The first kappa shape index (κ1) is 16.7. The zero-order chi connectivity index (χ0) is 16.8. The van der Waals surface area contributed by atoms with E-state index in [1.165, 1.54) is 6.26 Å². The van der Waals surface area contributed by atoms with Crippen molar-refractivity contribution in [3.8, 4) is 0 Å². The van der Waals surface area contributed by atoms with Crippen LogP contribution in [-0.2, 0) is 6.54 Å². The average Bonchev–Trinajstić information content (AvgIpc) is 3.03. The van der Waals surface area contributed by atoms with Gasteiger partial charge in [-0.05, 0) is 31.0 Å².